The monoisotopic (exact) mass is 269 g/mol. The molecule has 0 aromatic heterocycles. The molecule has 0 bridgehead atoms. The molecule has 5 nitrogen and oxygen atoms in total. The van der Waals surface area contributed by atoms with Gasteiger partial charge in [0.15, 0.2) is 0 Å². The first-order chi connectivity index (χ1) is 8.70. The van der Waals surface area contributed by atoms with Gasteiger partial charge in [-0.3, -0.25) is 15.0 Å². The zero-order chi connectivity index (χ0) is 14.3. The van der Waals surface area contributed by atoms with Crippen LogP contribution in [0, 0.1) is 0 Å². The lowest BCUT2D eigenvalue weighted by atomic mass is 9.97. The van der Waals surface area contributed by atoms with Crippen LogP contribution >= 0.6 is 0 Å². The van der Waals surface area contributed by atoms with Crippen LogP contribution in [0.25, 0.3) is 0 Å². The van der Waals surface area contributed by atoms with E-state index in [4.69, 9.17) is 10.5 Å². The minimum absolute atomic E-state index is 0.171. The van der Waals surface area contributed by atoms with E-state index in [-0.39, 0.29) is 17.6 Å². The molecule has 2 fully saturated rings. The Kier molecular flexibility index (Phi) is 3.91. The SMILES string of the molecule is CC1CN(CC(C)(NC2CC2)C(N)=O)CC(C)(C)O1. The quantitative estimate of drug-likeness (QED) is 0.762. The molecule has 2 rings (SSSR count). The molecule has 1 aliphatic heterocycles. The number of ether oxygens (including phenoxy) is 1. The van der Waals surface area contributed by atoms with Crippen LogP contribution in [0.4, 0.5) is 0 Å². The Labute approximate surface area is 115 Å². The normalized spacial score (nSPS) is 30.8. The number of nitrogens with two attached hydrogens (primary N) is 1. The molecule has 110 valence electrons. The molecule has 1 aliphatic carbocycles. The van der Waals surface area contributed by atoms with Crippen molar-refractivity contribution in [2.24, 2.45) is 5.73 Å². The number of hydrogen-bond donors (Lipinski definition) is 2. The molecule has 2 unspecified atom stereocenters. The van der Waals surface area contributed by atoms with Gasteiger partial charge in [-0.25, -0.2) is 0 Å². The fourth-order valence-electron chi connectivity index (χ4n) is 3.03. The number of amides is 1. The van der Waals surface area contributed by atoms with E-state index in [1.54, 1.807) is 0 Å². The molecule has 1 amide bonds. The third-order valence-electron chi connectivity index (χ3n) is 3.82. The van der Waals surface area contributed by atoms with E-state index >= 15 is 0 Å². The van der Waals surface area contributed by atoms with Crippen LogP contribution in [0.3, 0.4) is 0 Å². The summed E-state index contributed by atoms with van der Waals surface area (Å²) >= 11 is 0. The predicted octanol–water partition coefficient (Wildman–Crippen LogP) is 0.482. The highest BCUT2D eigenvalue weighted by Crippen LogP contribution is 2.25. The van der Waals surface area contributed by atoms with Gasteiger partial charge in [0.2, 0.25) is 5.91 Å². The number of carbonyl (C=O) groups excluding carboxylic acids is 1. The number of primary amides is 1. The Balaban J connectivity index is 2.01. The van der Waals surface area contributed by atoms with Crippen molar-refractivity contribution >= 4 is 5.91 Å². The Morgan fingerprint density at radius 2 is 2.16 bits per heavy atom. The lowest BCUT2D eigenvalue weighted by Gasteiger charge is -2.44. The first kappa shape index (κ1) is 14.8. The second-order valence-corrected chi connectivity index (χ2v) is 6.97. The third kappa shape index (κ3) is 3.91. The summed E-state index contributed by atoms with van der Waals surface area (Å²) in [6.07, 6.45) is 2.48. The summed E-state index contributed by atoms with van der Waals surface area (Å²) in [6, 6.07) is 0.462. The predicted molar refractivity (Wildman–Crippen MR) is 74.8 cm³/mol. The molecule has 0 aromatic carbocycles. The van der Waals surface area contributed by atoms with Crippen LogP contribution in [0.2, 0.25) is 0 Å². The number of nitrogens with zero attached hydrogens (tertiary/aromatic N) is 1. The van der Waals surface area contributed by atoms with Crippen molar-refractivity contribution in [2.75, 3.05) is 19.6 Å². The second-order valence-electron chi connectivity index (χ2n) is 6.97. The van der Waals surface area contributed by atoms with E-state index in [0.717, 1.165) is 25.9 Å². The molecule has 0 aromatic rings. The van der Waals surface area contributed by atoms with Gasteiger partial charge in [-0.15, -0.1) is 0 Å². The van der Waals surface area contributed by atoms with Gasteiger partial charge >= 0.3 is 0 Å². The summed E-state index contributed by atoms with van der Waals surface area (Å²) < 4.78 is 5.89. The van der Waals surface area contributed by atoms with Crippen molar-refractivity contribution < 1.29 is 9.53 Å². The van der Waals surface area contributed by atoms with E-state index < -0.39 is 5.54 Å². The number of carbonyl (C=O) groups is 1. The van der Waals surface area contributed by atoms with Gasteiger partial charge in [0, 0.05) is 25.7 Å². The highest BCUT2D eigenvalue weighted by molar-refractivity contribution is 5.84. The van der Waals surface area contributed by atoms with E-state index in [0.29, 0.717) is 12.6 Å². The molecule has 5 heteroatoms. The maximum absolute atomic E-state index is 11.8. The molecule has 19 heavy (non-hydrogen) atoms. The Morgan fingerprint density at radius 1 is 1.53 bits per heavy atom. The van der Waals surface area contributed by atoms with Gasteiger partial charge in [-0.05, 0) is 40.5 Å². The maximum atomic E-state index is 11.8. The summed E-state index contributed by atoms with van der Waals surface area (Å²) in [5, 5.41) is 3.40. The van der Waals surface area contributed by atoms with Crippen LogP contribution in [-0.2, 0) is 9.53 Å². The zero-order valence-electron chi connectivity index (χ0n) is 12.5. The number of rotatable bonds is 5. The lowest BCUT2D eigenvalue weighted by Crippen LogP contribution is -2.63. The van der Waals surface area contributed by atoms with Crippen LogP contribution in [0.1, 0.15) is 40.5 Å². The molecule has 0 spiro atoms. The van der Waals surface area contributed by atoms with Crippen LogP contribution < -0.4 is 11.1 Å². The second kappa shape index (κ2) is 5.04. The van der Waals surface area contributed by atoms with E-state index in [9.17, 15) is 4.79 Å². The average Bonchev–Trinajstić information content (AvgIpc) is 2.97. The molecule has 1 saturated heterocycles. The molecule has 3 N–H and O–H groups in total. The van der Waals surface area contributed by atoms with Crippen molar-refractivity contribution in [3.8, 4) is 0 Å². The average molecular weight is 269 g/mol. The highest BCUT2D eigenvalue weighted by atomic mass is 16.5. The minimum atomic E-state index is -0.645. The van der Waals surface area contributed by atoms with Crippen molar-refractivity contribution in [1.82, 2.24) is 10.2 Å². The summed E-state index contributed by atoms with van der Waals surface area (Å²) in [5.74, 6) is -0.267. The van der Waals surface area contributed by atoms with E-state index in [1.165, 1.54) is 0 Å². The van der Waals surface area contributed by atoms with Gasteiger partial charge in [0.05, 0.1) is 11.7 Å². The first-order valence-corrected chi connectivity index (χ1v) is 7.18. The van der Waals surface area contributed by atoms with E-state index in [2.05, 4.69) is 31.0 Å². The third-order valence-corrected chi connectivity index (χ3v) is 3.82. The Bertz CT molecular complexity index is 355. The number of hydrogen-bond acceptors (Lipinski definition) is 4. The fourth-order valence-corrected chi connectivity index (χ4v) is 3.03. The van der Waals surface area contributed by atoms with Crippen molar-refractivity contribution in [3.05, 3.63) is 0 Å². The van der Waals surface area contributed by atoms with Crippen LogP contribution in [-0.4, -0.2) is 53.7 Å². The van der Waals surface area contributed by atoms with Crippen LogP contribution in [0.15, 0.2) is 0 Å². The van der Waals surface area contributed by atoms with Gasteiger partial charge in [-0.2, -0.15) is 0 Å². The van der Waals surface area contributed by atoms with Gasteiger partial charge in [-0.1, -0.05) is 0 Å². The van der Waals surface area contributed by atoms with Gasteiger partial charge in [0.25, 0.3) is 0 Å². The molecule has 0 radical (unpaired) electrons. The van der Waals surface area contributed by atoms with Crippen molar-refractivity contribution in [2.45, 2.75) is 63.8 Å². The molecule has 2 atom stereocenters. The van der Waals surface area contributed by atoms with Crippen molar-refractivity contribution in [3.63, 3.8) is 0 Å². The lowest BCUT2D eigenvalue weighted by molar-refractivity contribution is -0.139. The number of morpholine rings is 1. The standard InChI is InChI=1S/C14H27N3O2/c1-10-7-17(8-13(2,3)19-10)9-14(4,12(15)18)16-11-5-6-11/h10-11,16H,5-9H2,1-4H3,(H2,15,18). The topological polar surface area (TPSA) is 67.6 Å². The summed E-state index contributed by atoms with van der Waals surface area (Å²) in [6.45, 7) is 10.5. The molecule has 1 saturated carbocycles. The summed E-state index contributed by atoms with van der Waals surface area (Å²) in [5.41, 5.74) is 4.79. The fraction of sp³-hybridized carbons (Fsp3) is 0.929. The van der Waals surface area contributed by atoms with Crippen molar-refractivity contribution in [1.29, 1.82) is 0 Å². The largest absolute Gasteiger partial charge is 0.370 e. The molecule has 2 aliphatic rings. The molecule has 1 heterocycles. The minimum Gasteiger partial charge on any atom is -0.370 e. The summed E-state index contributed by atoms with van der Waals surface area (Å²) in [7, 11) is 0. The molecular formula is C14H27N3O2. The maximum Gasteiger partial charge on any atom is 0.238 e. The smallest absolute Gasteiger partial charge is 0.238 e. The zero-order valence-corrected chi connectivity index (χ0v) is 12.5. The summed E-state index contributed by atoms with van der Waals surface area (Å²) in [4.78, 5) is 14.1. The highest BCUT2D eigenvalue weighted by Gasteiger charge is 2.41. The van der Waals surface area contributed by atoms with Crippen LogP contribution in [0.5, 0.6) is 0 Å². The first-order valence-electron chi connectivity index (χ1n) is 7.18. The van der Waals surface area contributed by atoms with Gasteiger partial charge in [0.1, 0.15) is 5.54 Å². The van der Waals surface area contributed by atoms with E-state index in [1.807, 2.05) is 6.92 Å². The Hall–Kier alpha value is -0.650. The van der Waals surface area contributed by atoms with Gasteiger partial charge < -0.3 is 10.5 Å². The molecular weight excluding hydrogens is 242 g/mol. The Morgan fingerprint density at radius 3 is 2.63 bits per heavy atom. The number of nitrogens with one attached hydrogen (secondary N) is 1.